The molecular weight excluding hydrogens is 666 g/mol. The van der Waals surface area contributed by atoms with E-state index in [0.717, 1.165) is 83.5 Å². The topological polar surface area (TPSA) is 99.1 Å². The lowest BCUT2D eigenvalue weighted by Gasteiger charge is -2.31. The molecule has 0 spiro atoms. The molecule has 0 saturated heterocycles. The Morgan fingerprint density at radius 1 is 0.585 bits per heavy atom. The van der Waals surface area contributed by atoms with E-state index < -0.39 is 18.1 Å². The van der Waals surface area contributed by atoms with Gasteiger partial charge < -0.3 is 23.8 Å². The van der Waals surface area contributed by atoms with Crippen LogP contribution in [-0.4, -0.2) is 80.6 Å². The average Bonchev–Trinajstić information content (AvgIpc) is 3.11. The first-order valence-electron chi connectivity index (χ1n) is 20.5. The van der Waals surface area contributed by atoms with Gasteiger partial charge in [0.05, 0.1) is 34.4 Å². The summed E-state index contributed by atoms with van der Waals surface area (Å²) in [5.41, 5.74) is 0. The summed E-state index contributed by atoms with van der Waals surface area (Å²) >= 11 is 0. The number of carbonyl (C=O) groups is 3. The highest BCUT2D eigenvalue weighted by Crippen LogP contribution is 2.13. The first-order valence-corrected chi connectivity index (χ1v) is 20.5. The van der Waals surface area contributed by atoms with E-state index in [4.69, 9.17) is 14.2 Å². The molecule has 0 aromatic carbocycles. The van der Waals surface area contributed by atoms with Crippen LogP contribution >= 0.6 is 0 Å². The third-order valence-electron chi connectivity index (χ3n) is 8.66. The lowest BCUT2D eigenvalue weighted by atomic mass is 10.1. The SMILES string of the molecule is CC/C=C/C=C/C=C/CCCCCCCCCC(=O)OCC(COCCC(C(=O)O)[N+](C)(C)C)OC(=O)CCCCCC/C=C/C/C=C/C/C=C/CC. The number of hydrogen-bond acceptors (Lipinski definition) is 6. The molecule has 0 aliphatic heterocycles. The standard InChI is InChI=1S/C45H75NO7/c1-6-8-10-12-14-16-18-20-22-24-25-27-29-31-33-35-43(47)52-40-41(39-51-38-37-42(45(49)50)46(3,4)5)53-44(48)36-34-32-30-28-26-23-21-19-17-15-13-11-9-7-2/h8-12,14-18,21,23,41-42H,6-7,13,19-20,22,24-40H2,1-5H3/p+1/b10-8+,11-9+,14-12+,17-15+,18-16+,23-21+. The van der Waals surface area contributed by atoms with Crippen molar-refractivity contribution >= 4 is 17.9 Å². The minimum atomic E-state index is -0.885. The number of likely N-dealkylation sites (N-methyl/N-ethyl adjacent to an activating group) is 1. The van der Waals surface area contributed by atoms with Gasteiger partial charge in [-0.05, 0) is 64.2 Å². The van der Waals surface area contributed by atoms with Crippen molar-refractivity contribution in [3.05, 3.63) is 72.9 Å². The maximum Gasteiger partial charge on any atom is 0.362 e. The number of quaternary nitrogens is 1. The zero-order chi connectivity index (χ0) is 39.3. The van der Waals surface area contributed by atoms with Gasteiger partial charge in [-0.3, -0.25) is 9.59 Å². The molecule has 302 valence electrons. The van der Waals surface area contributed by atoms with Crippen LogP contribution in [0.5, 0.6) is 0 Å². The highest BCUT2D eigenvalue weighted by atomic mass is 16.6. The zero-order valence-corrected chi connectivity index (χ0v) is 34.2. The Hall–Kier alpha value is -3.23. The first kappa shape index (κ1) is 49.8. The molecule has 2 unspecified atom stereocenters. The molecule has 0 radical (unpaired) electrons. The molecular formula is C45H76NO7+. The molecule has 0 aliphatic rings. The number of rotatable bonds is 35. The van der Waals surface area contributed by atoms with Gasteiger partial charge in [0.25, 0.3) is 0 Å². The van der Waals surface area contributed by atoms with E-state index in [-0.39, 0.29) is 36.2 Å². The summed E-state index contributed by atoms with van der Waals surface area (Å²) in [6.45, 7) is 4.43. The van der Waals surface area contributed by atoms with E-state index in [1.165, 1.54) is 25.7 Å². The number of carbonyl (C=O) groups excluding carboxylic acids is 2. The van der Waals surface area contributed by atoms with E-state index in [9.17, 15) is 19.5 Å². The number of aliphatic carboxylic acids is 1. The molecule has 0 saturated carbocycles. The summed E-state index contributed by atoms with van der Waals surface area (Å²) in [5.74, 6) is -1.52. The molecule has 0 aromatic heterocycles. The maximum absolute atomic E-state index is 12.7. The minimum Gasteiger partial charge on any atom is -0.477 e. The summed E-state index contributed by atoms with van der Waals surface area (Å²) < 4.78 is 17.2. The van der Waals surface area contributed by atoms with Crippen molar-refractivity contribution in [3.8, 4) is 0 Å². The van der Waals surface area contributed by atoms with Crippen molar-refractivity contribution in [1.29, 1.82) is 0 Å². The molecule has 0 fully saturated rings. The third-order valence-corrected chi connectivity index (χ3v) is 8.66. The van der Waals surface area contributed by atoms with Gasteiger partial charge in [-0.2, -0.15) is 0 Å². The predicted octanol–water partition coefficient (Wildman–Crippen LogP) is 10.8. The molecule has 0 rings (SSSR count). The van der Waals surface area contributed by atoms with Gasteiger partial charge in [-0.15, -0.1) is 0 Å². The molecule has 0 aliphatic carbocycles. The first-order chi connectivity index (χ1) is 25.6. The van der Waals surface area contributed by atoms with Gasteiger partial charge in [0.1, 0.15) is 6.61 Å². The van der Waals surface area contributed by atoms with Crippen molar-refractivity contribution in [2.75, 3.05) is 41.0 Å². The Kier molecular flexibility index (Phi) is 33.6. The van der Waals surface area contributed by atoms with Crippen molar-refractivity contribution in [2.24, 2.45) is 0 Å². The van der Waals surface area contributed by atoms with E-state index in [2.05, 4.69) is 86.8 Å². The van der Waals surface area contributed by atoms with Gasteiger partial charge in [-0.1, -0.05) is 132 Å². The number of carboxylic acid groups (broad SMARTS) is 1. The molecule has 2 atom stereocenters. The number of carboxylic acids is 1. The minimum absolute atomic E-state index is 0.0439. The Balaban J connectivity index is 4.45. The van der Waals surface area contributed by atoms with Crippen LogP contribution in [0.15, 0.2) is 72.9 Å². The Labute approximate surface area is 323 Å². The fraction of sp³-hybridized carbons (Fsp3) is 0.667. The fourth-order valence-electron chi connectivity index (χ4n) is 5.52. The second-order valence-electron chi connectivity index (χ2n) is 14.5. The van der Waals surface area contributed by atoms with Crippen molar-refractivity contribution < 1.29 is 38.2 Å². The van der Waals surface area contributed by atoms with Gasteiger partial charge in [-0.25, -0.2) is 4.79 Å². The summed E-state index contributed by atoms with van der Waals surface area (Å²) in [7, 11) is 5.50. The smallest absolute Gasteiger partial charge is 0.362 e. The second kappa shape index (κ2) is 35.8. The summed E-state index contributed by atoms with van der Waals surface area (Å²) in [4.78, 5) is 36.9. The van der Waals surface area contributed by atoms with Crippen molar-refractivity contribution in [1.82, 2.24) is 0 Å². The Morgan fingerprint density at radius 3 is 1.68 bits per heavy atom. The molecule has 1 N–H and O–H groups in total. The monoisotopic (exact) mass is 743 g/mol. The molecule has 8 nitrogen and oxygen atoms in total. The lowest BCUT2D eigenvalue weighted by molar-refractivity contribution is -0.887. The summed E-state index contributed by atoms with van der Waals surface area (Å²) in [6, 6.07) is -0.623. The molecule has 0 amide bonds. The average molecular weight is 743 g/mol. The number of nitrogens with zero attached hydrogens (tertiary/aromatic N) is 1. The van der Waals surface area contributed by atoms with Crippen LogP contribution in [0, 0.1) is 0 Å². The molecule has 53 heavy (non-hydrogen) atoms. The van der Waals surface area contributed by atoms with Gasteiger partial charge in [0.2, 0.25) is 0 Å². The van der Waals surface area contributed by atoms with Crippen LogP contribution in [0.2, 0.25) is 0 Å². The van der Waals surface area contributed by atoms with E-state index in [1.807, 2.05) is 21.1 Å². The number of esters is 2. The molecule has 0 aromatic rings. The molecule has 0 bridgehead atoms. The van der Waals surface area contributed by atoms with E-state index in [1.54, 1.807) is 0 Å². The van der Waals surface area contributed by atoms with Crippen LogP contribution in [-0.2, 0) is 28.6 Å². The van der Waals surface area contributed by atoms with Gasteiger partial charge >= 0.3 is 17.9 Å². The maximum atomic E-state index is 12.7. The zero-order valence-electron chi connectivity index (χ0n) is 34.2. The van der Waals surface area contributed by atoms with Gasteiger partial charge in [0.15, 0.2) is 12.1 Å². The van der Waals surface area contributed by atoms with Crippen molar-refractivity contribution in [2.45, 2.75) is 154 Å². The number of allylic oxidation sites excluding steroid dienone is 12. The fourth-order valence-corrected chi connectivity index (χ4v) is 5.52. The highest BCUT2D eigenvalue weighted by Gasteiger charge is 2.31. The largest absolute Gasteiger partial charge is 0.477 e. The summed E-state index contributed by atoms with van der Waals surface area (Å²) in [6.07, 6.45) is 43.7. The van der Waals surface area contributed by atoms with Crippen LogP contribution in [0.1, 0.15) is 142 Å². The van der Waals surface area contributed by atoms with Crippen LogP contribution < -0.4 is 0 Å². The number of ether oxygens (including phenoxy) is 3. The van der Waals surface area contributed by atoms with Crippen molar-refractivity contribution in [3.63, 3.8) is 0 Å². The normalized spacial score (nSPS) is 13.8. The second-order valence-corrected chi connectivity index (χ2v) is 14.5. The molecule has 0 heterocycles. The lowest BCUT2D eigenvalue weighted by Crippen LogP contribution is -2.50. The Morgan fingerprint density at radius 2 is 1.09 bits per heavy atom. The van der Waals surface area contributed by atoms with Gasteiger partial charge in [0, 0.05) is 19.3 Å². The molecule has 8 heteroatoms. The van der Waals surface area contributed by atoms with E-state index in [0.29, 0.717) is 19.3 Å². The Bertz CT molecular complexity index is 1100. The van der Waals surface area contributed by atoms with Crippen LogP contribution in [0.3, 0.4) is 0 Å². The third kappa shape index (κ3) is 34.3. The van der Waals surface area contributed by atoms with Crippen LogP contribution in [0.4, 0.5) is 0 Å². The predicted molar refractivity (Wildman–Crippen MR) is 220 cm³/mol. The van der Waals surface area contributed by atoms with Crippen LogP contribution in [0.25, 0.3) is 0 Å². The number of unbranched alkanes of at least 4 members (excludes halogenated alkanes) is 11. The quantitative estimate of drug-likeness (QED) is 0.0227. The van der Waals surface area contributed by atoms with E-state index >= 15 is 0 Å². The highest BCUT2D eigenvalue weighted by molar-refractivity contribution is 5.72. The summed E-state index contributed by atoms with van der Waals surface area (Å²) in [5, 5.41) is 9.60. The number of hydrogen-bond donors (Lipinski definition) is 1.